The number of benzene rings is 2. The van der Waals surface area contributed by atoms with Crippen molar-refractivity contribution in [3.63, 3.8) is 0 Å². The minimum atomic E-state index is -3.83. The number of anilines is 1. The fourth-order valence-electron chi connectivity index (χ4n) is 3.38. The summed E-state index contributed by atoms with van der Waals surface area (Å²) in [7, 11) is -3.83. The Morgan fingerprint density at radius 1 is 1.16 bits per heavy atom. The summed E-state index contributed by atoms with van der Waals surface area (Å²) in [6, 6.07) is 8.86. The van der Waals surface area contributed by atoms with Gasteiger partial charge in [0, 0.05) is 29.7 Å². The minimum Gasteiger partial charge on any atom is -0.492 e. The van der Waals surface area contributed by atoms with Gasteiger partial charge in [0.2, 0.25) is 10.0 Å². The van der Waals surface area contributed by atoms with Crippen molar-refractivity contribution >= 4 is 32.6 Å². The standard InChI is InChI=1S/C22H25FN2O5S/c1-5-25(6-2)31(27,28)19-13-15(11-12-18(19)29-7-3)24-22(26)20-14(4)16-9-8-10-17(23)21(16)30-20/h8-13H,5-7H2,1-4H3,(H,24,26). The van der Waals surface area contributed by atoms with Gasteiger partial charge >= 0.3 is 0 Å². The van der Waals surface area contributed by atoms with Gasteiger partial charge < -0.3 is 14.5 Å². The fraction of sp³-hybridized carbons (Fsp3) is 0.318. The lowest BCUT2D eigenvalue weighted by molar-refractivity contribution is 0.0997. The maximum atomic E-state index is 14.0. The van der Waals surface area contributed by atoms with Gasteiger partial charge in [-0.1, -0.05) is 26.0 Å². The van der Waals surface area contributed by atoms with Crippen LogP contribution in [0.25, 0.3) is 11.0 Å². The van der Waals surface area contributed by atoms with E-state index in [1.54, 1.807) is 45.9 Å². The van der Waals surface area contributed by atoms with E-state index in [-0.39, 0.29) is 34.3 Å². The minimum absolute atomic E-state index is 0.00152. The number of ether oxygens (including phenoxy) is 1. The molecule has 0 saturated heterocycles. The second-order valence-corrected chi connectivity index (χ2v) is 8.72. The average molecular weight is 449 g/mol. The topological polar surface area (TPSA) is 88.8 Å². The Morgan fingerprint density at radius 2 is 1.87 bits per heavy atom. The smallest absolute Gasteiger partial charge is 0.291 e. The summed E-state index contributed by atoms with van der Waals surface area (Å²) in [4.78, 5) is 12.8. The molecule has 0 bridgehead atoms. The zero-order chi connectivity index (χ0) is 22.8. The highest BCUT2D eigenvalue weighted by molar-refractivity contribution is 7.89. The molecular weight excluding hydrogens is 423 g/mol. The molecule has 0 aliphatic rings. The molecule has 3 rings (SSSR count). The lowest BCUT2D eigenvalue weighted by Crippen LogP contribution is -2.31. The van der Waals surface area contributed by atoms with Crippen LogP contribution in [-0.4, -0.2) is 38.3 Å². The van der Waals surface area contributed by atoms with Crippen LogP contribution in [0.4, 0.5) is 10.1 Å². The van der Waals surface area contributed by atoms with E-state index < -0.39 is 21.7 Å². The largest absolute Gasteiger partial charge is 0.492 e. The molecule has 1 heterocycles. The molecule has 7 nitrogen and oxygen atoms in total. The third-order valence-electron chi connectivity index (χ3n) is 4.95. The van der Waals surface area contributed by atoms with Gasteiger partial charge in [0.15, 0.2) is 17.2 Å². The predicted octanol–water partition coefficient (Wildman–Crippen LogP) is 4.56. The van der Waals surface area contributed by atoms with Crippen molar-refractivity contribution in [3.05, 3.63) is 53.5 Å². The fourth-order valence-corrected chi connectivity index (χ4v) is 4.99. The van der Waals surface area contributed by atoms with Gasteiger partial charge in [-0.05, 0) is 38.1 Å². The first-order valence-electron chi connectivity index (χ1n) is 10.0. The molecular formula is C22H25FN2O5S. The molecule has 1 amide bonds. The molecule has 0 aliphatic carbocycles. The van der Waals surface area contributed by atoms with E-state index in [1.165, 1.54) is 22.5 Å². The van der Waals surface area contributed by atoms with E-state index in [9.17, 15) is 17.6 Å². The number of hydrogen-bond donors (Lipinski definition) is 1. The van der Waals surface area contributed by atoms with Gasteiger partial charge in [-0.15, -0.1) is 0 Å². The number of halogens is 1. The molecule has 9 heteroatoms. The number of nitrogens with one attached hydrogen (secondary N) is 1. The van der Waals surface area contributed by atoms with Gasteiger partial charge in [-0.3, -0.25) is 4.79 Å². The summed E-state index contributed by atoms with van der Waals surface area (Å²) in [6.45, 7) is 7.79. The number of carbonyl (C=O) groups excluding carboxylic acids is 1. The molecule has 0 radical (unpaired) electrons. The first-order valence-corrected chi connectivity index (χ1v) is 11.4. The number of amides is 1. The van der Waals surface area contributed by atoms with Crippen LogP contribution in [0, 0.1) is 12.7 Å². The van der Waals surface area contributed by atoms with E-state index in [2.05, 4.69) is 5.32 Å². The van der Waals surface area contributed by atoms with E-state index in [1.807, 2.05) is 0 Å². The van der Waals surface area contributed by atoms with E-state index in [0.717, 1.165) is 0 Å². The van der Waals surface area contributed by atoms with Crippen LogP contribution in [0.15, 0.2) is 45.7 Å². The SMILES string of the molecule is CCOc1ccc(NC(=O)c2oc3c(F)cccc3c2C)cc1S(=O)(=O)N(CC)CC. The van der Waals surface area contributed by atoms with Crippen LogP contribution in [-0.2, 0) is 10.0 Å². The summed E-state index contributed by atoms with van der Waals surface area (Å²) in [6.07, 6.45) is 0. The molecule has 0 atom stereocenters. The van der Waals surface area contributed by atoms with Crippen LogP contribution in [0.3, 0.4) is 0 Å². The second-order valence-electron chi connectivity index (χ2n) is 6.81. The number of furan rings is 1. The first-order chi connectivity index (χ1) is 14.7. The third-order valence-corrected chi connectivity index (χ3v) is 7.02. The molecule has 166 valence electrons. The Morgan fingerprint density at radius 3 is 2.48 bits per heavy atom. The van der Waals surface area contributed by atoms with Gasteiger partial charge in [0.25, 0.3) is 5.91 Å². The van der Waals surface area contributed by atoms with Crippen LogP contribution < -0.4 is 10.1 Å². The van der Waals surface area contributed by atoms with E-state index in [0.29, 0.717) is 24.0 Å². The lowest BCUT2D eigenvalue weighted by Gasteiger charge is -2.21. The number of aryl methyl sites for hydroxylation is 1. The third kappa shape index (κ3) is 4.28. The number of sulfonamides is 1. The van der Waals surface area contributed by atoms with Crippen molar-refractivity contribution < 1.29 is 26.8 Å². The van der Waals surface area contributed by atoms with Gasteiger partial charge in [0.05, 0.1) is 6.61 Å². The first kappa shape index (κ1) is 22.8. The van der Waals surface area contributed by atoms with Crippen molar-refractivity contribution in [1.82, 2.24) is 4.31 Å². The summed E-state index contributed by atoms with van der Waals surface area (Å²) in [5, 5.41) is 3.14. The molecule has 0 unspecified atom stereocenters. The van der Waals surface area contributed by atoms with Crippen LogP contribution in [0.2, 0.25) is 0 Å². The number of para-hydroxylation sites is 1. The Labute approximate surface area is 180 Å². The number of nitrogens with zero attached hydrogens (tertiary/aromatic N) is 1. The number of rotatable bonds is 8. The van der Waals surface area contributed by atoms with Gasteiger partial charge in [-0.25, -0.2) is 12.8 Å². The van der Waals surface area contributed by atoms with Crippen molar-refractivity contribution in [1.29, 1.82) is 0 Å². The molecule has 0 fully saturated rings. The van der Waals surface area contributed by atoms with Gasteiger partial charge in [-0.2, -0.15) is 4.31 Å². The predicted molar refractivity (Wildman–Crippen MR) is 117 cm³/mol. The zero-order valence-corrected chi connectivity index (χ0v) is 18.7. The normalized spacial score (nSPS) is 11.8. The molecule has 31 heavy (non-hydrogen) atoms. The van der Waals surface area contributed by atoms with Crippen LogP contribution >= 0.6 is 0 Å². The number of hydrogen-bond acceptors (Lipinski definition) is 5. The van der Waals surface area contributed by atoms with Crippen molar-refractivity contribution in [2.45, 2.75) is 32.6 Å². The molecule has 0 spiro atoms. The maximum Gasteiger partial charge on any atom is 0.291 e. The van der Waals surface area contributed by atoms with Gasteiger partial charge in [0.1, 0.15) is 10.6 Å². The Balaban J connectivity index is 2.00. The second kappa shape index (κ2) is 9.07. The number of fused-ring (bicyclic) bond motifs is 1. The molecule has 1 N–H and O–H groups in total. The van der Waals surface area contributed by atoms with Crippen molar-refractivity contribution in [2.24, 2.45) is 0 Å². The molecule has 0 aliphatic heterocycles. The molecule has 1 aromatic heterocycles. The van der Waals surface area contributed by atoms with Crippen LogP contribution in [0.5, 0.6) is 5.75 Å². The molecule has 2 aromatic carbocycles. The zero-order valence-electron chi connectivity index (χ0n) is 17.9. The molecule has 0 saturated carbocycles. The highest BCUT2D eigenvalue weighted by Crippen LogP contribution is 2.31. The van der Waals surface area contributed by atoms with Crippen molar-refractivity contribution in [3.8, 4) is 5.75 Å². The maximum absolute atomic E-state index is 14.0. The summed E-state index contributed by atoms with van der Waals surface area (Å²) in [5.41, 5.74) is 0.745. The van der Waals surface area contributed by atoms with Crippen molar-refractivity contribution in [2.75, 3.05) is 25.0 Å². The Hall–Kier alpha value is -2.91. The van der Waals surface area contributed by atoms with Crippen LogP contribution in [0.1, 0.15) is 36.9 Å². The molecule has 3 aromatic rings. The summed E-state index contributed by atoms with van der Waals surface area (Å²) >= 11 is 0. The lowest BCUT2D eigenvalue weighted by atomic mass is 10.1. The quantitative estimate of drug-likeness (QED) is 0.546. The Bertz CT molecular complexity index is 1220. The highest BCUT2D eigenvalue weighted by Gasteiger charge is 2.27. The summed E-state index contributed by atoms with van der Waals surface area (Å²) in [5.74, 6) is -1.01. The average Bonchev–Trinajstić information content (AvgIpc) is 3.08. The highest BCUT2D eigenvalue weighted by atomic mass is 32.2. The van der Waals surface area contributed by atoms with E-state index in [4.69, 9.17) is 9.15 Å². The monoisotopic (exact) mass is 448 g/mol. The Kier molecular flexibility index (Phi) is 6.66. The van der Waals surface area contributed by atoms with E-state index >= 15 is 0 Å². The summed E-state index contributed by atoms with van der Waals surface area (Å²) < 4.78 is 52.4. The number of carbonyl (C=O) groups is 1.